The maximum Gasteiger partial charge on any atom is 0.227 e. The van der Waals surface area contributed by atoms with Gasteiger partial charge >= 0.3 is 0 Å². The summed E-state index contributed by atoms with van der Waals surface area (Å²) in [5, 5.41) is 2.58. The fourth-order valence-corrected chi connectivity index (χ4v) is 2.22. The minimum atomic E-state index is -0.240. The zero-order valence-corrected chi connectivity index (χ0v) is 11.0. The molecule has 0 spiro atoms. The lowest BCUT2D eigenvalue weighted by molar-refractivity contribution is -0.125. The van der Waals surface area contributed by atoms with Gasteiger partial charge in [0.25, 0.3) is 0 Å². The molecule has 1 atom stereocenters. The third kappa shape index (κ3) is 2.49. The van der Waals surface area contributed by atoms with Gasteiger partial charge in [0, 0.05) is 30.2 Å². The maximum atomic E-state index is 11.8. The van der Waals surface area contributed by atoms with Crippen molar-refractivity contribution < 1.29 is 9.59 Å². The molecule has 1 aromatic carbocycles. The van der Waals surface area contributed by atoms with Gasteiger partial charge in [0.15, 0.2) is 0 Å². The summed E-state index contributed by atoms with van der Waals surface area (Å²) in [7, 11) is 1.59. The molecular formula is C12H13BrN2O2. The van der Waals surface area contributed by atoms with Crippen LogP contribution in [-0.2, 0) is 9.59 Å². The molecule has 0 saturated carbocycles. The summed E-state index contributed by atoms with van der Waals surface area (Å²) in [5.74, 6) is -0.310. The van der Waals surface area contributed by atoms with E-state index in [1.165, 1.54) is 0 Å². The van der Waals surface area contributed by atoms with Gasteiger partial charge in [-0.3, -0.25) is 9.59 Å². The predicted octanol–water partition coefficient (Wildman–Crippen LogP) is 1.55. The molecule has 0 radical (unpaired) electrons. The Hall–Kier alpha value is -1.36. The van der Waals surface area contributed by atoms with E-state index >= 15 is 0 Å². The summed E-state index contributed by atoms with van der Waals surface area (Å²) in [6.07, 6.45) is 0.287. The molecule has 1 fully saturated rings. The van der Waals surface area contributed by atoms with Gasteiger partial charge in [0.2, 0.25) is 11.8 Å². The summed E-state index contributed by atoms with van der Waals surface area (Å²) in [6.45, 7) is 0.458. The number of nitrogens with one attached hydrogen (secondary N) is 1. The van der Waals surface area contributed by atoms with Crippen LogP contribution in [0.25, 0.3) is 0 Å². The lowest BCUT2D eigenvalue weighted by atomic mass is 10.1. The van der Waals surface area contributed by atoms with Gasteiger partial charge in [-0.25, -0.2) is 0 Å². The van der Waals surface area contributed by atoms with E-state index < -0.39 is 0 Å². The number of benzene rings is 1. The van der Waals surface area contributed by atoms with Crippen LogP contribution in [-0.4, -0.2) is 25.4 Å². The topological polar surface area (TPSA) is 49.4 Å². The second kappa shape index (κ2) is 4.87. The number of carbonyl (C=O) groups excluding carboxylic acids is 2. The van der Waals surface area contributed by atoms with Crippen LogP contribution in [0.5, 0.6) is 0 Å². The zero-order valence-electron chi connectivity index (χ0n) is 9.44. The van der Waals surface area contributed by atoms with Gasteiger partial charge in [0.05, 0.1) is 5.92 Å². The van der Waals surface area contributed by atoms with Crippen LogP contribution in [0.4, 0.5) is 5.69 Å². The molecule has 90 valence electrons. The Bertz CT molecular complexity index is 444. The van der Waals surface area contributed by atoms with E-state index in [1.807, 2.05) is 24.3 Å². The molecule has 1 N–H and O–H groups in total. The first-order valence-electron chi connectivity index (χ1n) is 5.39. The molecule has 1 aliphatic rings. The van der Waals surface area contributed by atoms with E-state index in [9.17, 15) is 9.59 Å². The molecule has 1 aliphatic heterocycles. The van der Waals surface area contributed by atoms with Crippen molar-refractivity contribution in [3.05, 3.63) is 28.7 Å². The number of carbonyl (C=O) groups is 2. The molecule has 1 aromatic rings. The molecule has 2 rings (SSSR count). The molecule has 1 saturated heterocycles. The lowest BCUT2D eigenvalue weighted by Crippen LogP contribution is -2.30. The number of hydrogen-bond donors (Lipinski definition) is 1. The fourth-order valence-electron chi connectivity index (χ4n) is 1.96. The minimum absolute atomic E-state index is 0.000854. The molecule has 5 heteroatoms. The Morgan fingerprint density at radius 3 is 2.65 bits per heavy atom. The summed E-state index contributed by atoms with van der Waals surface area (Å²) in [6, 6.07) is 7.51. The molecule has 4 nitrogen and oxygen atoms in total. The summed E-state index contributed by atoms with van der Waals surface area (Å²) < 4.78 is 0.968. The second-order valence-electron chi connectivity index (χ2n) is 4.00. The zero-order chi connectivity index (χ0) is 12.4. The predicted molar refractivity (Wildman–Crippen MR) is 68.7 cm³/mol. The molecule has 1 unspecified atom stereocenters. The Kier molecular flexibility index (Phi) is 3.47. The van der Waals surface area contributed by atoms with Crippen LogP contribution < -0.4 is 10.2 Å². The quantitative estimate of drug-likeness (QED) is 0.900. The van der Waals surface area contributed by atoms with Crippen molar-refractivity contribution in [1.29, 1.82) is 0 Å². The van der Waals surface area contributed by atoms with Crippen molar-refractivity contribution in [2.45, 2.75) is 6.42 Å². The Morgan fingerprint density at radius 2 is 2.06 bits per heavy atom. The molecule has 17 heavy (non-hydrogen) atoms. The smallest absolute Gasteiger partial charge is 0.227 e. The number of amides is 2. The Balaban J connectivity index is 2.15. The lowest BCUT2D eigenvalue weighted by Gasteiger charge is -2.16. The maximum absolute atomic E-state index is 11.8. The number of nitrogens with zero attached hydrogens (tertiary/aromatic N) is 1. The van der Waals surface area contributed by atoms with Gasteiger partial charge in [0.1, 0.15) is 0 Å². The molecule has 0 aromatic heterocycles. The third-order valence-corrected chi connectivity index (χ3v) is 3.41. The first kappa shape index (κ1) is 12.1. The van der Waals surface area contributed by atoms with E-state index in [4.69, 9.17) is 0 Å². The first-order chi connectivity index (χ1) is 8.11. The fraction of sp³-hybridized carbons (Fsp3) is 0.333. The summed E-state index contributed by atoms with van der Waals surface area (Å²) >= 11 is 3.35. The monoisotopic (exact) mass is 296 g/mol. The van der Waals surface area contributed by atoms with Crippen LogP contribution in [0.1, 0.15) is 6.42 Å². The van der Waals surface area contributed by atoms with Gasteiger partial charge in [-0.15, -0.1) is 0 Å². The van der Waals surface area contributed by atoms with Gasteiger partial charge in [-0.05, 0) is 24.3 Å². The van der Waals surface area contributed by atoms with E-state index in [2.05, 4.69) is 21.2 Å². The largest absolute Gasteiger partial charge is 0.359 e. The van der Waals surface area contributed by atoms with Crippen LogP contribution in [0, 0.1) is 5.92 Å². The standard InChI is InChI=1S/C12H13BrN2O2/c1-14-12(17)8-6-11(16)15(7-8)10-4-2-9(13)3-5-10/h2-5,8H,6-7H2,1H3,(H,14,17). The van der Waals surface area contributed by atoms with Crippen molar-refractivity contribution in [3.63, 3.8) is 0 Å². The minimum Gasteiger partial charge on any atom is -0.359 e. The van der Waals surface area contributed by atoms with Crippen molar-refractivity contribution in [2.24, 2.45) is 5.92 Å². The highest BCUT2D eigenvalue weighted by molar-refractivity contribution is 9.10. The van der Waals surface area contributed by atoms with Crippen molar-refractivity contribution in [3.8, 4) is 0 Å². The number of hydrogen-bond acceptors (Lipinski definition) is 2. The average Bonchev–Trinajstić information content (AvgIpc) is 2.71. The van der Waals surface area contributed by atoms with Crippen molar-refractivity contribution >= 4 is 33.4 Å². The molecule has 1 heterocycles. The van der Waals surface area contributed by atoms with Crippen LogP contribution in [0.15, 0.2) is 28.7 Å². The summed E-state index contributed by atoms with van der Waals surface area (Å²) in [4.78, 5) is 25.0. The van der Waals surface area contributed by atoms with Gasteiger partial charge in [-0.2, -0.15) is 0 Å². The number of rotatable bonds is 2. The highest BCUT2D eigenvalue weighted by Gasteiger charge is 2.34. The van der Waals surface area contributed by atoms with E-state index in [0.717, 1.165) is 10.2 Å². The van der Waals surface area contributed by atoms with Crippen molar-refractivity contribution in [2.75, 3.05) is 18.5 Å². The summed E-state index contributed by atoms with van der Waals surface area (Å²) in [5.41, 5.74) is 0.838. The van der Waals surface area contributed by atoms with E-state index in [0.29, 0.717) is 6.54 Å². The second-order valence-corrected chi connectivity index (χ2v) is 4.91. The Labute approximate surface area is 108 Å². The molecule has 0 aliphatic carbocycles. The molecular weight excluding hydrogens is 284 g/mol. The van der Waals surface area contributed by atoms with E-state index in [-0.39, 0.29) is 24.2 Å². The molecule has 0 bridgehead atoms. The third-order valence-electron chi connectivity index (χ3n) is 2.88. The van der Waals surface area contributed by atoms with Crippen LogP contribution in [0.3, 0.4) is 0 Å². The highest BCUT2D eigenvalue weighted by atomic mass is 79.9. The molecule has 2 amide bonds. The number of halogens is 1. The van der Waals surface area contributed by atoms with E-state index in [1.54, 1.807) is 11.9 Å². The van der Waals surface area contributed by atoms with Gasteiger partial charge in [-0.1, -0.05) is 15.9 Å². The average molecular weight is 297 g/mol. The van der Waals surface area contributed by atoms with Crippen LogP contribution >= 0.6 is 15.9 Å². The SMILES string of the molecule is CNC(=O)C1CC(=O)N(c2ccc(Br)cc2)C1. The van der Waals surface area contributed by atoms with Crippen molar-refractivity contribution in [1.82, 2.24) is 5.32 Å². The number of anilines is 1. The first-order valence-corrected chi connectivity index (χ1v) is 6.18. The van der Waals surface area contributed by atoms with Gasteiger partial charge < -0.3 is 10.2 Å². The van der Waals surface area contributed by atoms with Crippen LogP contribution in [0.2, 0.25) is 0 Å². The highest BCUT2D eigenvalue weighted by Crippen LogP contribution is 2.26. The normalized spacial score (nSPS) is 19.5. The Morgan fingerprint density at radius 1 is 1.41 bits per heavy atom.